The van der Waals surface area contributed by atoms with Crippen molar-refractivity contribution in [3.05, 3.63) is 71.3 Å². The van der Waals surface area contributed by atoms with Crippen molar-refractivity contribution in [3.8, 4) is 0 Å². The van der Waals surface area contributed by atoms with Gasteiger partial charge in [-0.1, -0.05) is 44.2 Å². The Balaban J connectivity index is 1.59. The molecule has 0 spiro atoms. The highest BCUT2D eigenvalue weighted by atomic mass is 19.1. The normalized spacial score (nSPS) is 15.8. The van der Waals surface area contributed by atoms with E-state index in [4.69, 9.17) is 0 Å². The molecule has 0 bridgehead atoms. The van der Waals surface area contributed by atoms with Crippen molar-refractivity contribution in [2.45, 2.75) is 39.2 Å². The molecule has 1 aliphatic rings. The minimum absolute atomic E-state index is 0.00966. The first-order chi connectivity index (χ1) is 14.3. The van der Waals surface area contributed by atoms with Crippen LogP contribution in [-0.4, -0.2) is 29.8 Å². The highest BCUT2D eigenvalue weighted by Crippen LogP contribution is 2.25. The van der Waals surface area contributed by atoms with Crippen LogP contribution in [0.4, 0.5) is 8.78 Å². The smallest absolute Gasteiger partial charge is 0.256 e. The summed E-state index contributed by atoms with van der Waals surface area (Å²) in [5.74, 6) is -1.81. The second-order valence-electron chi connectivity index (χ2n) is 8.29. The van der Waals surface area contributed by atoms with Crippen molar-refractivity contribution in [3.63, 3.8) is 0 Å². The summed E-state index contributed by atoms with van der Waals surface area (Å²) in [5.41, 5.74) is 0.944. The van der Waals surface area contributed by atoms with Crippen molar-refractivity contribution in [2.24, 2.45) is 11.8 Å². The van der Waals surface area contributed by atoms with E-state index in [1.54, 1.807) is 0 Å². The van der Waals surface area contributed by atoms with Crippen LogP contribution in [0.2, 0.25) is 0 Å². The first kappa shape index (κ1) is 21.9. The lowest BCUT2D eigenvalue weighted by atomic mass is 9.92. The fourth-order valence-electron chi connectivity index (χ4n) is 3.90. The first-order valence-electron chi connectivity index (χ1n) is 10.4. The summed E-state index contributed by atoms with van der Waals surface area (Å²) in [5, 5.41) is 3.18. The average Bonchev–Trinajstić information content (AvgIpc) is 2.73. The van der Waals surface area contributed by atoms with E-state index in [1.165, 1.54) is 11.0 Å². The van der Waals surface area contributed by atoms with Crippen molar-refractivity contribution in [2.75, 3.05) is 13.1 Å². The number of carbonyl (C=O) groups is 2. The molecule has 1 N–H and O–H groups in total. The van der Waals surface area contributed by atoms with Crippen molar-refractivity contribution in [1.29, 1.82) is 0 Å². The summed E-state index contributed by atoms with van der Waals surface area (Å²) in [7, 11) is 0. The maximum atomic E-state index is 13.9. The fourth-order valence-corrected chi connectivity index (χ4v) is 3.90. The van der Waals surface area contributed by atoms with Crippen LogP contribution in [-0.2, 0) is 4.79 Å². The Morgan fingerprint density at radius 3 is 2.33 bits per heavy atom. The van der Waals surface area contributed by atoms with Crippen LogP contribution in [0.15, 0.2) is 48.5 Å². The van der Waals surface area contributed by atoms with Gasteiger partial charge in [-0.15, -0.1) is 0 Å². The molecule has 2 aromatic carbocycles. The zero-order valence-corrected chi connectivity index (χ0v) is 17.4. The molecule has 30 heavy (non-hydrogen) atoms. The zero-order valence-electron chi connectivity index (χ0n) is 17.4. The van der Waals surface area contributed by atoms with E-state index in [1.807, 2.05) is 30.3 Å². The van der Waals surface area contributed by atoms with Gasteiger partial charge in [-0.3, -0.25) is 9.59 Å². The lowest BCUT2D eigenvalue weighted by Gasteiger charge is -2.32. The first-order valence-corrected chi connectivity index (χ1v) is 10.4. The van der Waals surface area contributed by atoms with E-state index >= 15 is 0 Å². The second kappa shape index (κ2) is 9.83. The molecule has 3 rings (SSSR count). The molecule has 0 saturated carbocycles. The monoisotopic (exact) mass is 414 g/mol. The molecule has 4 nitrogen and oxygen atoms in total. The molecule has 1 heterocycles. The van der Waals surface area contributed by atoms with Gasteiger partial charge in [0.2, 0.25) is 5.91 Å². The standard InChI is InChI=1S/C24H28F2N2O2/c1-16(2)14-22(17-6-4-3-5-7-17)27-23(29)18-10-12-28(13-11-18)24(30)20-9-8-19(25)15-21(20)26/h3-9,15-16,18,22H,10-14H2,1-2H3,(H,27,29). The predicted molar refractivity (Wildman–Crippen MR) is 112 cm³/mol. The molecule has 2 aromatic rings. The minimum atomic E-state index is -0.862. The van der Waals surface area contributed by atoms with Gasteiger partial charge in [0.25, 0.3) is 5.91 Å². The number of piperidine rings is 1. The lowest BCUT2D eigenvalue weighted by Crippen LogP contribution is -2.44. The van der Waals surface area contributed by atoms with E-state index in [2.05, 4.69) is 19.2 Å². The summed E-state index contributed by atoms with van der Waals surface area (Å²) in [4.78, 5) is 27.0. The number of benzene rings is 2. The molecule has 1 aliphatic heterocycles. The Morgan fingerprint density at radius 1 is 1.07 bits per heavy atom. The third-order valence-electron chi connectivity index (χ3n) is 5.54. The summed E-state index contributed by atoms with van der Waals surface area (Å²) in [6.07, 6.45) is 1.88. The molecule has 6 heteroatoms. The van der Waals surface area contributed by atoms with Gasteiger partial charge in [-0.25, -0.2) is 8.78 Å². The Kier molecular flexibility index (Phi) is 7.19. The highest BCUT2D eigenvalue weighted by molar-refractivity contribution is 5.94. The van der Waals surface area contributed by atoms with Crippen LogP contribution in [0, 0.1) is 23.5 Å². The third-order valence-corrected chi connectivity index (χ3v) is 5.54. The maximum Gasteiger partial charge on any atom is 0.256 e. The quantitative estimate of drug-likeness (QED) is 0.744. The maximum absolute atomic E-state index is 13.9. The number of hydrogen-bond acceptors (Lipinski definition) is 2. The predicted octanol–water partition coefficient (Wildman–Crippen LogP) is 4.72. The van der Waals surface area contributed by atoms with Crippen LogP contribution in [0.3, 0.4) is 0 Å². The van der Waals surface area contributed by atoms with Gasteiger partial charge < -0.3 is 10.2 Å². The van der Waals surface area contributed by atoms with Crippen LogP contribution < -0.4 is 5.32 Å². The molecule has 1 unspecified atom stereocenters. The molecule has 160 valence electrons. The van der Waals surface area contributed by atoms with Crippen LogP contribution >= 0.6 is 0 Å². The number of rotatable bonds is 6. The molecule has 1 atom stereocenters. The van der Waals surface area contributed by atoms with Crippen LogP contribution in [0.25, 0.3) is 0 Å². The third kappa shape index (κ3) is 5.43. The van der Waals surface area contributed by atoms with Gasteiger partial charge in [0.1, 0.15) is 11.6 Å². The van der Waals surface area contributed by atoms with Gasteiger partial charge in [-0.2, -0.15) is 0 Å². The van der Waals surface area contributed by atoms with Crippen molar-refractivity contribution >= 4 is 11.8 Å². The number of nitrogens with one attached hydrogen (secondary N) is 1. The average molecular weight is 414 g/mol. The number of nitrogens with zero attached hydrogens (tertiary/aromatic N) is 1. The molecule has 0 radical (unpaired) electrons. The van der Waals surface area contributed by atoms with Gasteiger partial charge in [0.15, 0.2) is 0 Å². The van der Waals surface area contributed by atoms with Gasteiger partial charge in [0, 0.05) is 25.1 Å². The minimum Gasteiger partial charge on any atom is -0.349 e. The molecule has 0 aliphatic carbocycles. The zero-order chi connectivity index (χ0) is 21.7. The van der Waals surface area contributed by atoms with E-state index in [0.29, 0.717) is 37.9 Å². The van der Waals surface area contributed by atoms with Crippen LogP contribution in [0.5, 0.6) is 0 Å². The van der Waals surface area contributed by atoms with Crippen molar-refractivity contribution in [1.82, 2.24) is 10.2 Å². The van der Waals surface area contributed by atoms with E-state index in [0.717, 1.165) is 18.1 Å². The summed E-state index contributed by atoms with van der Waals surface area (Å²) >= 11 is 0. The van der Waals surface area contributed by atoms with Crippen molar-refractivity contribution < 1.29 is 18.4 Å². The van der Waals surface area contributed by atoms with Crippen LogP contribution in [0.1, 0.15) is 55.1 Å². The molecule has 0 aromatic heterocycles. The van der Waals surface area contributed by atoms with E-state index < -0.39 is 17.5 Å². The van der Waals surface area contributed by atoms with E-state index in [9.17, 15) is 18.4 Å². The molecular weight excluding hydrogens is 386 g/mol. The number of likely N-dealkylation sites (tertiary alicyclic amines) is 1. The van der Waals surface area contributed by atoms with Gasteiger partial charge >= 0.3 is 0 Å². The molecule has 2 amide bonds. The number of amides is 2. The SMILES string of the molecule is CC(C)CC(NC(=O)C1CCN(C(=O)c2ccc(F)cc2F)CC1)c1ccccc1. The summed E-state index contributed by atoms with van der Waals surface area (Å²) in [6, 6.07) is 12.8. The fraction of sp³-hybridized carbons (Fsp3) is 0.417. The number of hydrogen-bond donors (Lipinski definition) is 1. The molecular formula is C24H28F2N2O2. The second-order valence-corrected chi connectivity index (χ2v) is 8.29. The summed E-state index contributed by atoms with van der Waals surface area (Å²) < 4.78 is 27.0. The molecule has 1 saturated heterocycles. The molecule has 1 fully saturated rings. The van der Waals surface area contributed by atoms with E-state index in [-0.39, 0.29) is 23.4 Å². The van der Waals surface area contributed by atoms with Gasteiger partial charge in [-0.05, 0) is 42.9 Å². The Hall–Kier alpha value is -2.76. The lowest BCUT2D eigenvalue weighted by molar-refractivity contribution is -0.127. The Morgan fingerprint density at radius 2 is 1.73 bits per heavy atom. The number of halogens is 2. The van der Waals surface area contributed by atoms with Gasteiger partial charge in [0.05, 0.1) is 11.6 Å². The topological polar surface area (TPSA) is 49.4 Å². The Labute approximate surface area is 176 Å². The largest absolute Gasteiger partial charge is 0.349 e. The number of carbonyl (C=O) groups excluding carboxylic acids is 2. The summed E-state index contributed by atoms with van der Waals surface area (Å²) in [6.45, 7) is 4.99. The Bertz CT molecular complexity index is 878. The highest BCUT2D eigenvalue weighted by Gasteiger charge is 2.30.